The van der Waals surface area contributed by atoms with Crippen molar-refractivity contribution in [2.75, 3.05) is 20.2 Å². The molecule has 1 amide bonds. The lowest BCUT2D eigenvalue weighted by Gasteiger charge is -2.19. The zero-order chi connectivity index (χ0) is 24.8. The number of aryl methyl sites for hydroxylation is 1. The zero-order valence-corrected chi connectivity index (χ0v) is 20.2. The summed E-state index contributed by atoms with van der Waals surface area (Å²) in [5.41, 5.74) is 1.72. The summed E-state index contributed by atoms with van der Waals surface area (Å²) in [4.78, 5) is 23.7. The molecular weight excluding hydrogens is 450 g/mol. The van der Waals surface area contributed by atoms with Crippen LogP contribution >= 0.6 is 0 Å². The van der Waals surface area contributed by atoms with Crippen LogP contribution in [0.2, 0.25) is 0 Å². The maximum Gasteiger partial charge on any atom is 0.326 e. The summed E-state index contributed by atoms with van der Waals surface area (Å²) in [7, 11) is -2.50. The van der Waals surface area contributed by atoms with Gasteiger partial charge in [0.15, 0.2) is 0 Å². The summed E-state index contributed by atoms with van der Waals surface area (Å²) < 4.78 is 33.2. The van der Waals surface area contributed by atoms with E-state index in [1.165, 1.54) is 7.11 Å². The van der Waals surface area contributed by atoms with Crippen molar-refractivity contribution in [1.29, 1.82) is 5.41 Å². The molecule has 6 N–H and O–H groups in total. The van der Waals surface area contributed by atoms with E-state index in [1.807, 2.05) is 0 Å². The summed E-state index contributed by atoms with van der Waals surface area (Å²) >= 11 is 0. The maximum absolute atomic E-state index is 12.8. The number of benzene rings is 1. The van der Waals surface area contributed by atoms with E-state index in [-0.39, 0.29) is 29.8 Å². The summed E-state index contributed by atoms with van der Waals surface area (Å²) in [6, 6.07) is 0.205. The second-order valence-corrected chi connectivity index (χ2v) is 9.69. The highest BCUT2D eigenvalue weighted by molar-refractivity contribution is 7.90. The van der Waals surface area contributed by atoms with Crippen molar-refractivity contribution >= 4 is 27.9 Å². The van der Waals surface area contributed by atoms with Crippen LogP contribution in [-0.2, 0) is 19.6 Å². The molecule has 0 bridgehead atoms. The molecule has 0 radical (unpaired) electrons. The zero-order valence-electron chi connectivity index (χ0n) is 19.4. The van der Waals surface area contributed by atoms with Crippen molar-refractivity contribution in [3.63, 3.8) is 0 Å². The summed E-state index contributed by atoms with van der Waals surface area (Å²) in [5.74, 6) is -1.32. The Kier molecular flexibility index (Phi) is 9.06. The molecule has 1 saturated heterocycles. The molecular formula is C21H33N5O6S. The van der Waals surface area contributed by atoms with Gasteiger partial charge < -0.3 is 25.8 Å². The Morgan fingerprint density at radius 2 is 2.00 bits per heavy atom. The molecule has 11 nitrogen and oxygen atoms in total. The highest BCUT2D eigenvalue weighted by atomic mass is 32.2. The molecule has 0 aromatic heterocycles. The highest BCUT2D eigenvalue weighted by Gasteiger charge is 2.27. The third-order valence-electron chi connectivity index (χ3n) is 5.67. The van der Waals surface area contributed by atoms with E-state index < -0.39 is 28.0 Å². The van der Waals surface area contributed by atoms with Crippen molar-refractivity contribution in [3.05, 3.63) is 22.8 Å². The number of amides is 1. The van der Waals surface area contributed by atoms with Crippen LogP contribution in [0.1, 0.15) is 42.4 Å². The largest absolute Gasteiger partial charge is 0.496 e. The Balaban J connectivity index is 1.90. The predicted molar refractivity (Wildman–Crippen MR) is 123 cm³/mol. The molecule has 0 saturated carbocycles. The molecule has 0 spiro atoms. The number of nitrogens with one attached hydrogen (secondary N) is 5. The molecule has 1 heterocycles. The number of rotatable bonds is 10. The summed E-state index contributed by atoms with van der Waals surface area (Å²) in [6.45, 7) is 5.98. The lowest BCUT2D eigenvalue weighted by Crippen LogP contribution is -2.48. The number of carbonyl (C=O) groups excluding carboxylic acids is 1. The fraction of sp³-hybridized carbons (Fsp3) is 0.571. The van der Waals surface area contributed by atoms with E-state index in [2.05, 4.69) is 20.7 Å². The van der Waals surface area contributed by atoms with E-state index in [0.29, 0.717) is 35.3 Å². The van der Waals surface area contributed by atoms with Gasteiger partial charge in [-0.15, -0.1) is 0 Å². The molecule has 1 aliphatic heterocycles. The number of sulfonamides is 1. The van der Waals surface area contributed by atoms with Gasteiger partial charge in [-0.05, 0) is 75.8 Å². The Labute approximate surface area is 194 Å². The van der Waals surface area contributed by atoms with Gasteiger partial charge in [-0.25, -0.2) is 17.9 Å². The number of hydrogen-bond acceptors (Lipinski definition) is 7. The van der Waals surface area contributed by atoms with Crippen LogP contribution in [0.15, 0.2) is 11.0 Å². The first kappa shape index (κ1) is 26.4. The Bertz CT molecular complexity index is 1000. The van der Waals surface area contributed by atoms with Gasteiger partial charge in [-0.2, -0.15) is 0 Å². The second kappa shape index (κ2) is 11.3. The fourth-order valence-electron chi connectivity index (χ4n) is 3.83. The molecule has 2 rings (SSSR count). The van der Waals surface area contributed by atoms with Gasteiger partial charge in [0.1, 0.15) is 11.8 Å². The number of carbonyl (C=O) groups is 2. The van der Waals surface area contributed by atoms with Crippen molar-refractivity contribution in [2.45, 2.75) is 63.4 Å². The Morgan fingerprint density at radius 1 is 1.30 bits per heavy atom. The van der Waals surface area contributed by atoms with Crippen LogP contribution in [0.4, 0.5) is 0 Å². The molecule has 1 unspecified atom stereocenters. The van der Waals surface area contributed by atoms with E-state index in [9.17, 15) is 23.1 Å². The topological polar surface area (TPSA) is 170 Å². The van der Waals surface area contributed by atoms with Gasteiger partial charge in [0.2, 0.25) is 11.9 Å². The smallest absolute Gasteiger partial charge is 0.326 e. The second-order valence-electron chi connectivity index (χ2n) is 8.07. The first-order valence-electron chi connectivity index (χ1n) is 10.7. The SMILES string of the molecule is COc1cc(C)c(S(=O)(=O)NC(=N)NCCCC(NC(=O)[C@@H]2CCCN2)C(=O)O)c(C)c1C. The van der Waals surface area contributed by atoms with Crippen LogP contribution in [0, 0.1) is 26.2 Å². The first-order chi connectivity index (χ1) is 15.5. The normalized spacial score (nSPS) is 16.7. The van der Waals surface area contributed by atoms with Gasteiger partial charge in [0, 0.05) is 6.54 Å². The molecule has 184 valence electrons. The average molecular weight is 484 g/mol. The quantitative estimate of drug-likeness (QED) is 0.159. The van der Waals surface area contributed by atoms with E-state index >= 15 is 0 Å². The van der Waals surface area contributed by atoms with Crippen LogP contribution in [-0.4, -0.2) is 63.6 Å². The summed E-state index contributed by atoms with van der Waals surface area (Å²) in [6.07, 6.45) is 1.98. The van der Waals surface area contributed by atoms with Crippen LogP contribution in [0.3, 0.4) is 0 Å². The van der Waals surface area contributed by atoms with Gasteiger partial charge in [0.25, 0.3) is 10.0 Å². The third kappa shape index (κ3) is 6.81. The number of ether oxygens (including phenoxy) is 1. The van der Waals surface area contributed by atoms with E-state index in [1.54, 1.807) is 26.8 Å². The lowest BCUT2D eigenvalue weighted by molar-refractivity contribution is -0.142. The van der Waals surface area contributed by atoms with Gasteiger partial charge in [-0.1, -0.05) is 0 Å². The van der Waals surface area contributed by atoms with Crippen molar-refractivity contribution in [2.24, 2.45) is 0 Å². The molecule has 33 heavy (non-hydrogen) atoms. The van der Waals surface area contributed by atoms with E-state index in [4.69, 9.17) is 10.1 Å². The number of carboxylic acid groups (broad SMARTS) is 1. The lowest BCUT2D eigenvalue weighted by atomic mass is 10.1. The number of carboxylic acids is 1. The minimum absolute atomic E-state index is 0.0847. The maximum atomic E-state index is 12.8. The monoisotopic (exact) mass is 483 g/mol. The summed E-state index contributed by atoms with van der Waals surface area (Å²) in [5, 5.41) is 25.5. The van der Waals surface area contributed by atoms with E-state index in [0.717, 1.165) is 13.0 Å². The number of methoxy groups -OCH3 is 1. The van der Waals surface area contributed by atoms with Crippen molar-refractivity contribution in [3.8, 4) is 5.75 Å². The van der Waals surface area contributed by atoms with Crippen molar-refractivity contribution in [1.82, 2.24) is 20.7 Å². The molecule has 2 atom stereocenters. The molecule has 1 fully saturated rings. The Morgan fingerprint density at radius 3 is 2.58 bits per heavy atom. The van der Waals surface area contributed by atoms with Crippen LogP contribution < -0.4 is 25.4 Å². The molecule has 1 aliphatic rings. The first-order valence-corrected chi connectivity index (χ1v) is 12.2. The molecule has 1 aromatic rings. The number of aliphatic carboxylic acids is 1. The van der Waals surface area contributed by atoms with Crippen molar-refractivity contribution < 1.29 is 27.9 Å². The molecule has 12 heteroatoms. The number of hydrogen-bond donors (Lipinski definition) is 6. The van der Waals surface area contributed by atoms with Gasteiger partial charge >= 0.3 is 5.97 Å². The third-order valence-corrected chi connectivity index (χ3v) is 7.30. The highest BCUT2D eigenvalue weighted by Crippen LogP contribution is 2.30. The molecule has 0 aliphatic carbocycles. The minimum Gasteiger partial charge on any atom is -0.496 e. The fourth-order valence-corrected chi connectivity index (χ4v) is 5.31. The number of guanidine groups is 1. The minimum atomic E-state index is -4.01. The molecule has 1 aromatic carbocycles. The van der Waals surface area contributed by atoms with Gasteiger partial charge in [-0.3, -0.25) is 10.2 Å². The van der Waals surface area contributed by atoms with Crippen LogP contribution in [0.25, 0.3) is 0 Å². The van der Waals surface area contributed by atoms with Gasteiger partial charge in [0.05, 0.1) is 18.0 Å². The predicted octanol–water partition coefficient (Wildman–Crippen LogP) is 0.525. The average Bonchev–Trinajstić information content (AvgIpc) is 3.27. The standard InChI is InChI=1S/C21H33N5O6S/c1-12-11-17(32-4)13(2)14(3)18(12)33(30,31)26-21(22)24-10-6-8-16(20(28)29)25-19(27)15-7-5-9-23-15/h11,15-16,23H,5-10H2,1-4H3,(H,25,27)(H,28,29)(H3,22,24,26)/t15-,16?/m0/s1. The van der Waals surface area contributed by atoms with Crippen LogP contribution in [0.5, 0.6) is 5.75 Å². The Hall–Kier alpha value is -2.86.